The zero-order valence-electron chi connectivity index (χ0n) is 20.3. The van der Waals surface area contributed by atoms with E-state index < -0.39 is 6.61 Å². The monoisotopic (exact) mass is 488 g/mol. The second-order valence-corrected chi connectivity index (χ2v) is 9.04. The number of benzene rings is 1. The number of hydrogen-bond acceptors (Lipinski definition) is 7. The van der Waals surface area contributed by atoms with Gasteiger partial charge < -0.3 is 24.8 Å². The number of alkyl halides is 2. The highest BCUT2D eigenvalue weighted by Gasteiger charge is 2.35. The van der Waals surface area contributed by atoms with Crippen LogP contribution in [0.2, 0.25) is 0 Å². The van der Waals surface area contributed by atoms with Crippen molar-refractivity contribution in [3.05, 3.63) is 41.1 Å². The summed E-state index contributed by atoms with van der Waals surface area (Å²) in [4.78, 5) is 39.7. The van der Waals surface area contributed by atoms with E-state index in [1.807, 2.05) is 31.7 Å². The Kier molecular flexibility index (Phi) is 7.04. The lowest BCUT2D eigenvalue weighted by atomic mass is 10.1. The van der Waals surface area contributed by atoms with Crippen LogP contribution < -0.4 is 15.0 Å². The minimum Gasteiger partial charge on any atom is -0.435 e. The summed E-state index contributed by atoms with van der Waals surface area (Å²) in [6, 6.07) is 6.18. The highest BCUT2D eigenvalue weighted by atomic mass is 19.3. The second kappa shape index (κ2) is 10.0. The van der Waals surface area contributed by atoms with Crippen LogP contribution in [-0.4, -0.2) is 70.4 Å². The van der Waals surface area contributed by atoms with Crippen molar-refractivity contribution in [3.63, 3.8) is 0 Å². The molecule has 1 N–H and O–H groups in total. The van der Waals surface area contributed by atoms with Crippen molar-refractivity contribution < 1.29 is 23.1 Å². The molecule has 11 heteroatoms. The Morgan fingerprint density at radius 3 is 2.46 bits per heavy atom. The smallest absolute Gasteiger partial charge is 0.387 e. The number of aromatic nitrogens is 2. The van der Waals surface area contributed by atoms with E-state index in [0.717, 1.165) is 5.56 Å². The van der Waals surface area contributed by atoms with Crippen LogP contribution in [0, 0.1) is 0 Å². The summed E-state index contributed by atoms with van der Waals surface area (Å²) in [6.07, 6.45) is 0. The maximum Gasteiger partial charge on any atom is 0.387 e. The summed E-state index contributed by atoms with van der Waals surface area (Å²) < 4.78 is 29.9. The van der Waals surface area contributed by atoms with Crippen LogP contribution in [-0.2, 0) is 11.3 Å². The number of carbonyl (C=O) groups excluding carboxylic acids is 2. The molecule has 1 aromatic heterocycles. The molecular weight excluding hydrogens is 458 g/mol. The van der Waals surface area contributed by atoms with Crippen molar-refractivity contribution >= 4 is 23.6 Å². The highest BCUT2D eigenvalue weighted by Crippen LogP contribution is 2.33. The van der Waals surface area contributed by atoms with Gasteiger partial charge in [0, 0.05) is 44.7 Å². The average Bonchev–Trinajstić information content (AvgIpc) is 3.16. The number of nitrogens with one attached hydrogen (secondary N) is 1. The molecule has 0 aliphatic carbocycles. The maximum absolute atomic E-state index is 13.1. The lowest BCUT2D eigenvalue weighted by Gasteiger charge is -2.34. The molecule has 4 rings (SSSR count). The van der Waals surface area contributed by atoms with E-state index >= 15 is 0 Å². The predicted molar refractivity (Wildman–Crippen MR) is 127 cm³/mol. The normalized spacial score (nSPS) is 16.7. The first-order chi connectivity index (χ1) is 16.6. The molecule has 0 bridgehead atoms. The molecule has 1 fully saturated rings. The Morgan fingerprint density at radius 2 is 1.83 bits per heavy atom. The van der Waals surface area contributed by atoms with E-state index in [2.05, 4.69) is 15.0 Å². The molecule has 2 aliphatic heterocycles. The van der Waals surface area contributed by atoms with Crippen molar-refractivity contribution in [2.75, 3.05) is 36.4 Å². The molecule has 1 aromatic carbocycles. The van der Waals surface area contributed by atoms with Crippen LogP contribution >= 0.6 is 0 Å². The lowest BCUT2D eigenvalue weighted by molar-refractivity contribution is -0.129. The molecule has 2 aromatic rings. The van der Waals surface area contributed by atoms with Crippen LogP contribution in [0.3, 0.4) is 0 Å². The first-order valence-electron chi connectivity index (χ1n) is 11.7. The van der Waals surface area contributed by atoms with E-state index in [9.17, 15) is 18.4 Å². The van der Waals surface area contributed by atoms with Gasteiger partial charge in [-0.15, -0.1) is 0 Å². The van der Waals surface area contributed by atoms with Gasteiger partial charge in [-0.05, 0) is 38.5 Å². The number of halogens is 2. The Hall–Kier alpha value is -3.50. The van der Waals surface area contributed by atoms with Crippen molar-refractivity contribution in [2.45, 2.75) is 52.9 Å². The first-order valence-corrected chi connectivity index (χ1v) is 11.7. The summed E-state index contributed by atoms with van der Waals surface area (Å²) in [5, 5.41) is 3.36. The molecule has 2 aliphatic rings. The Morgan fingerprint density at radius 1 is 1.11 bits per heavy atom. The van der Waals surface area contributed by atoms with Crippen LogP contribution in [0.15, 0.2) is 24.3 Å². The fraction of sp³-hybridized carbons (Fsp3) is 0.500. The van der Waals surface area contributed by atoms with Gasteiger partial charge in [0.15, 0.2) is 0 Å². The zero-order chi connectivity index (χ0) is 25.3. The minimum atomic E-state index is -2.90. The van der Waals surface area contributed by atoms with E-state index in [-0.39, 0.29) is 29.6 Å². The fourth-order valence-electron chi connectivity index (χ4n) is 4.32. The number of nitrogens with zero attached hydrogens (tertiary/aromatic N) is 5. The molecule has 1 unspecified atom stereocenters. The summed E-state index contributed by atoms with van der Waals surface area (Å²) in [5.41, 5.74) is 1.81. The molecule has 35 heavy (non-hydrogen) atoms. The van der Waals surface area contributed by atoms with Crippen LogP contribution in [0.25, 0.3) is 0 Å². The molecule has 1 saturated heterocycles. The van der Waals surface area contributed by atoms with Crippen LogP contribution in [0.4, 0.5) is 20.5 Å². The number of amides is 2. The third-order valence-corrected chi connectivity index (χ3v) is 6.35. The van der Waals surface area contributed by atoms with Gasteiger partial charge in [0.05, 0.1) is 12.6 Å². The van der Waals surface area contributed by atoms with Gasteiger partial charge in [-0.3, -0.25) is 9.59 Å². The van der Waals surface area contributed by atoms with E-state index in [0.29, 0.717) is 55.7 Å². The Balaban J connectivity index is 1.64. The number of rotatable bonds is 7. The third kappa shape index (κ3) is 5.28. The number of hydrogen-bond donors (Lipinski definition) is 1. The number of ether oxygens (including phenoxy) is 1. The molecular formula is C24H30F2N6O3. The standard InChI is InChI=1S/C24H30F2N6O3/c1-14(2)32-13-19-20(22(32)34)28-24(31-10-8-30(9-11-31)16(4)33)29-21(19)27-15(3)17-6-5-7-18(12-17)35-23(25)26/h5-7,12,14-15,23H,8-11,13H2,1-4H3,(H,27,28,29). The topological polar surface area (TPSA) is 90.9 Å². The zero-order valence-corrected chi connectivity index (χ0v) is 20.3. The number of carbonyl (C=O) groups is 2. The van der Waals surface area contributed by atoms with Crippen molar-refractivity contribution in [1.82, 2.24) is 19.8 Å². The number of piperazine rings is 1. The molecule has 9 nitrogen and oxygen atoms in total. The van der Waals surface area contributed by atoms with Gasteiger partial charge in [0.1, 0.15) is 17.3 Å². The highest BCUT2D eigenvalue weighted by molar-refractivity contribution is 5.98. The van der Waals surface area contributed by atoms with Gasteiger partial charge in [-0.25, -0.2) is 4.98 Å². The SMILES string of the molecule is CC(=O)N1CCN(c2nc(NC(C)c3cccc(OC(F)F)c3)c3c(n2)C(=O)N(C(C)C)C3)CC1. The van der Waals surface area contributed by atoms with Crippen LogP contribution in [0.5, 0.6) is 5.75 Å². The predicted octanol–water partition coefficient (Wildman–Crippen LogP) is 3.28. The van der Waals surface area contributed by atoms with E-state index in [4.69, 9.17) is 4.98 Å². The summed E-state index contributed by atoms with van der Waals surface area (Å²) in [7, 11) is 0. The maximum atomic E-state index is 13.1. The van der Waals surface area contributed by atoms with E-state index in [1.54, 1.807) is 28.9 Å². The minimum absolute atomic E-state index is 0.00675. The molecule has 2 amide bonds. The molecule has 3 heterocycles. The fourth-order valence-corrected chi connectivity index (χ4v) is 4.32. The molecule has 0 spiro atoms. The Labute approximate surface area is 203 Å². The average molecular weight is 489 g/mol. The van der Waals surface area contributed by atoms with Crippen molar-refractivity contribution in [3.8, 4) is 5.75 Å². The Bertz CT molecular complexity index is 1100. The van der Waals surface area contributed by atoms with Crippen molar-refractivity contribution in [2.24, 2.45) is 0 Å². The van der Waals surface area contributed by atoms with Gasteiger partial charge in [0.25, 0.3) is 5.91 Å². The van der Waals surface area contributed by atoms with Crippen LogP contribution in [0.1, 0.15) is 55.4 Å². The molecule has 0 radical (unpaired) electrons. The number of anilines is 2. The van der Waals surface area contributed by atoms with Gasteiger partial charge in [-0.2, -0.15) is 13.8 Å². The largest absolute Gasteiger partial charge is 0.435 e. The van der Waals surface area contributed by atoms with E-state index in [1.165, 1.54) is 6.07 Å². The van der Waals surface area contributed by atoms with Gasteiger partial charge in [-0.1, -0.05) is 12.1 Å². The first kappa shape index (κ1) is 24.6. The third-order valence-electron chi connectivity index (χ3n) is 6.35. The van der Waals surface area contributed by atoms with Crippen molar-refractivity contribution in [1.29, 1.82) is 0 Å². The quantitative estimate of drug-likeness (QED) is 0.640. The lowest BCUT2D eigenvalue weighted by Crippen LogP contribution is -2.48. The second-order valence-electron chi connectivity index (χ2n) is 9.04. The molecule has 1 atom stereocenters. The molecule has 188 valence electrons. The van der Waals surface area contributed by atoms with Gasteiger partial charge in [0.2, 0.25) is 11.9 Å². The molecule has 0 saturated carbocycles. The summed E-state index contributed by atoms with van der Waals surface area (Å²) >= 11 is 0. The number of fused-ring (bicyclic) bond motifs is 1. The van der Waals surface area contributed by atoms with Gasteiger partial charge >= 0.3 is 6.61 Å². The summed E-state index contributed by atoms with van der Waals surface area (Å²) in [5.74, 6) is 0.906. The summed E-state index contributed by atoms with van der Waals surface area (Å²) in [6.45, 7) is 7.03.